The van der Waals surface area contributed by atoms with Crippen LogP contribution in [0.1, 0.15) is 22.3 Å². The largest absolute Gasteiger partial charge is 0.339 e. The number of pyridine rings is 1. The van der Waals surface area contributed by atoms with Crippen molar-refractivity contribution in [2.24, 2.45) is 0 Å². The third kappa shape index (κ3) is 1.81. The Balaban J connectivity index is 2.09. The number of amides is 1. The van der Waals surface area contributed by atoms with Gasteiger partial charge >= 0.3 is 0 Å². The summed E-state index contributed by atoms with van der Waals surface area (Å²) in [7, 11) is 0. The van der Waals surface area contributed by atoms with Gasteiger partial charge in [-0.05, 0) is 53.0 Å². The summed E-state index contributed by atoms with van der Waals surface area (Å²) in [5.74, 6) is 0.122. The van der Waals surface area contributed by atoms with Crippen molar-refractivity contribution in [1.82, 2.24) is 9.88 Å². The van der Waals surface area contributed by atoms with Crippen LogP contribution in [0.3, 0.4) is 0 Å². The average Bonchev–Trinajstić information content (AvgIpc) is 2.31. The molecule has 0 bridgehead atoms. The summed E-state index contributed by atoms with van der Waals surface area (Å²) in [5.41, 5.74) is 2.74. The second-order valence-electron chi connectivity index (χ2n) is 4.63. The molecule has 4 heteroatoms. The molecule has 2 aromatic rings. The second-order valence-corrected chi connectivity index (χ2v) is 5.43. The number of carbonyl (C=O) groups excluding carboxylic acids is 1. The minimum atomic E-state index is 0.122. The minimum absolute atomic E-state index is 0.122. The predicted molar refractivity (Wildman–Crippen MR) is 74.7 cm³/mol. The Morgan fingerprint density at radius 2 is 2.17 bits per heavy atom. The SMILES string of the molecule is Cc1cnc2ccc(C(=O)N3CCC3)cc2c1Br. The second kappa shape index (κ2) is 4.35. The lowest BCUT2D eigenvalue weighted by molar-refractivity contribution is 0.0652. The number of aromatic nitrogens is 1. The number of hydrogen-bond donors (Lipinski definition) is 0. The molecule has 1 fully saturated rings. The smallest absolute Gasteiger partial charge is 0.253 e. The molecule has 1 aliphatic rings. The van der Waals surface area contributed by atoms with E-state index in [9.17, 15) is 4.79 Å². The Kier molecular flexibility index (Phi) is 2.82. The van der Waals surface area contributed by atoms with Crippen molar-refractivity contribution < 1.29 is 4.79 Å². The minimum Gasteiger partial charge on any atom is -0.339 e. The molecule has 0 unspecified atom stereocenters. The van der Waals surface area contributed by atoms with E-state index in [0.717, 1.165) is 46.0 Å². The lowest BCUT2D eigenvalue weighted by Crippen LogP contribution is -2.41. The summed E-state index contributed by atoms with van der Waals surface area (Å²) in [6, 6.07) is 5.70. The number of likely N-dealkylation sites (tertiary alicyclic amines) is 1. The van der Waals surface area contributed by atoms with Gasteiger partial charge in [-0.1, -0.05) is 0 Å². The molecule has 0 spiro atoms. The van der Waals surface area contributed by atoms with Gasteiger partial charge in [-0.25, -0.2) is 0 Å². The molecule has 1 aromatic heterocycles. The summed E-state index contributed by atoms with van der Waals surface area (Å²) < 4.78 is 1.02. The molecule has 0 N–H and O–H groups in total. The van der Waals surface area contributed by atoms with Gasteiger partial charge < -0.3 is 4.90 Å². The summed E-state index contributed by atoms with van der Waals surface area (Å²) in [5, 5.41) is 1.00. The highest BCUT2D eigenvalue weighted by atomic mass is 79.9. The van der Waals surface area contributed by atoms with E-state index < -0.39 is 0 Å². The fraction of sp³-hybridized carbons (Fsp3) is 0.286. The molecule has 0 atom stereocenters. The molecule has 0 saturated carbocycles. The summed E-state index contributed by atoms with van der Waals surface area (Å²) >= 11 is 3.57. The maximum atomic E-state index is 12.2. The first-order valence-corrected chi connectivity index (χ1v) is 6.80. The van der Waals surface area contributed by atoms with E-state index in [1.807, 2.05) is 36.2 Å². The summed E-state index contributed by atoms with van der Waals surface area (Å²) in [6.07, 6.45) is 2.95. The highest BCUT2D eigenvalue weighted by Crippen LogP contribution is 2.27. The van der Waals surface area contributed by atoms with Crippen LogP contribution in [0, 0.1) is 6.92 Å². The van der Waals surface area contributed by atoms with Crippen molar-refractivity contribution in [2.75, 3.05) is 13.1 Å². The highest BCUT2D eigenvalue weighted by Gasteiger charge is 2.21. The zero-order chi connectivity index (χ0) is 12.7. The third-order valence-electron chi connectivity index (χ3n) is 3.37. The quantitative estimate of drug-likeness (QED) is 0.811. The number of benzene rings is 1. The average molecular weight is 305 g/mol. The number of nitrogens with zero attached hydrogens (tertiary/aromatic N) is 2. The van der Waals surface area contributed by atoms with Gasteiger partial charge in [0.15, 0.2) is 0 Å². The lowest BCUT2D eigenvalue weighted by Gasteiger charge is -2.31. The number of carbonyl (C=O) groups is 1. The van der Waals surface area contributed by atoms with Crippen molar-refractivity contribution in [3.8, 4) is 0 Å². The van der Waals surface area contributed by atoms with Gasteiger partial charge in [-0.2, -0.15) is 0 Å². The van der Waals surface area contributed by atoms with Crippen molar-refractivity contribution in [1.29, 1.82) is 0 Å². The van der Waals surface area contributed by atoms with E-state index in [-0.39, 0.29) is 5.91 Å². The molecule has 92 valence electrons. The fourth-order valence-electron chi connectivity index (χ4n) is 2.09. The van der Waals surface area contributed by atoms with Crippen LogP contribution in [0.5, 0.6) is 0 Å². The first-order valence-electron chi connectivity index (χ1n) is 6.01. The van der Waals surface area contributed by atoms with Crippen LogP contribution in [0.2, 0.25) is 0 Å². The number of fused-ring (bicyclic) bond motifs is 1. The molecule has 1 saturated heterocycles. The molecule has 1 aliphatic heterocycles. The van der Waals surface area contributed by atoms with Gasteiger partial charge in [0.05, 0.1) is 5.52 Å². The van der Waals surface area contributed by atoms with Crippen LogP contribution in [0.25, 0.3) is 10.9 Å². The van der Waals surface area contributed by atoms with E-state index in [4.69, 9.17) is 0 Å². The van der Waals surface area contributed by atoms with E-state index in [2.05, 4.69) is 20.9 Å². The molecule has 0 radical (unpaired) electrons. The zero-order valence-corrected chi connectivity index (χ0v) is 11.7. The van der Waals surface area contributed by atoms with E-state index in [1.54, 1.807) is 0 Å². The number of halogens is 1. The highest BCUT2D eigenvalue weighted by molar-refractivity contribution is 9.10. The summed E-state index contributed by atoms with van der Waals surface area (Å²) in [6.45, 7) is 3.76. The fourth-order valence-corrected chi connectivity index (χ4v) is 2.51. The van der Waals surface area contributed by atoms with E-state index in [1.165, 1.54) is 0 Å². The zero-order valence-electron chi connectivity index (χ0n) is 10.1. The molecule has 3 rings (SSSR count). The first kappa shape index (κ1) is 11.7. The number of hydrogen-bond acceptors (Lipinski definition) is 2. The van der Waals surface area contributed by atoms with Gasteiger partial charge in [0, 0.05) is 34.7 Å². The molecule has 1 amide bonds. The standard InChI is InChI=1S/C14H13BrN2O/c1-9-8-16-12-4-3-10(7-11(12)13(9)15)14(18)17-5-2-6-17/h3-4,7-8H,2,5-6H2,1H3. The van der Waals surface area contributed by atoms with Crippen LogP contribution >= 0.6 is 15.9 Å². The Labute approximate surface area is 114 Å². The van der Waals surface area contributed by atoms with Gasteiger partial charge in [-0.15, -0.1) is 0 Å². The molecule has 0 aliphatic carbocycles. The number of aryl methyl sites for hydroxylation is 1. The maximum absolute atomic E-state index is 12.2. The Morgan fingerprint density at radius 1 is 1.39 bits per heavy atom. The van der Waals surface area contributed by atoms with Crippen LogP contribution in [0.15, 0.2) is 28.9 Å². The summed E-state index contributed by atoms with van der Waals surface area (Å²) in [4.78, 5) is 18.4. The molecule has 3 nitrogen and oxygen atoms in total. The Bertz CT molecular complexity index is 635. The van der Waals surface area contributed by atoms with Gasteiger partial charge in [0.1, 0.15) is 0 Å². The molecular formula is C14H13BrN2O. The van der Waals surface area contributed by atoms with Gasteiger partial charge in [0.25, 0.3) is 5.91 Å². The van der Waals surface area contributed by atoms with E-state index in [0.29, 0.717) is 0 Å². The van der Waals surface area contributed by atoms with Gasteiger partial charge in [0.2, 0.25) is 0 Å². The van der Waals surface area contributed by atoms with Crippen LogP contribution in [0.4, 0.5) is 0 Å². The van der Waals surface area contributed by atoms with Crippen LogP contribution < -0.4 is 0 Å². The Morgan fingerprint density at radius 3 is 2.83 bits per heavy atom. The van der Waals surface area contributed by atoms with Crippen LogP contribution in [-0.4, -0.2) is 28.9 Å². The lowest BCUT2D eigenvalue weighted by atomic mass is 10.1. The van der Waals surface area contributed by atoms with Crippen molar-refractivity contribution in [3.05, 3.63) is 40.0 Å². The molecular weight excluding hydrogens is 292 g/mol. The molecule has 1 aromatic carbocycles. The maximum Gasteiger partial charge on any atom is 0.253 e. The first-order chi connectivity index (χ1) is 8.66. The monoisotopic (exact) mass is 304 g/mol. The van der Waals surface area contributed by atoms with Crippen molar-refractivity contribution in [3.63, 3.8) is 0 Å². The normalized spacial score (nSPS) is 14.7. The molecule has 2 heterocycles. The van der Waals surface area contributed by atoms with Crippen molar-refractivity contribution in [2.45, 2.75) is 13.3 Å². The van der Waals surface area contributed by atoms with Crippen molar-refractivity contribution >= 4 is 32.7 Å². The third-order valence-corrected chi connectivity index (χ3v) is 4.42. The van der Waals surface area contributed by atoms with Crippen LogP contribution in [-0.2, 0) is 0 Å². The molecule has 18 heavy (non-hydrogen) atoms. The van der Waals surface area contributed by atoms with E-state index >= 15 is 0 Å². The topological polar surface area (TPSA) is 33.2 Å². The number of rotatable bonds is 1. The van der Waals surface area contributed by atoms with Gasteiger partial charge in [-0.3, -0.25) is 9.78 Å². The predicted octanol–water partition coefficient (Wildman–Crippen LogP) is 3.15. The Hall–Kier alpha value is -1.42.